The van der Waals surface area contributed by atoms with Crippen molar-refractivity contribution >= 4 is 17.5 Å². The van der Waals surface area contributed by atoms with Gasteiger partial charge >= 0.3 is 0 Å². The van der Waals surface area contributed by atoms with E-state index in [0.717, 1.165) is 19.5 Å². The SMILES string of the molecule is CC1CNCCC1NC(=O)c1ccccc1NC(=O)C(C)(C)C. The Kier molecular flexibility index (Phi) is 5.42. The molecule has 5 nitrogen and oxygen atoms in total. The number of carbonyl (C=O) groups is 2. The summed E-state index contributed by atoms with van der Waals surface area (Å²) in [5.41, 5.74) is 0.565. The molecule has 0 bridgehead atoms. The highest BCUT2D eigenvalue weighted by atomic mass is 16.2. The molecule has 0 radical (unpaired) electrons. The monoisotopic (exact) mass is 317 g/mol. The molecule has 1 aromatic rings. The van der Waals surface area contributed by atoms with Crippen molar-refractivity contribution in [3.05, 3.63) is 29.8 Å². The molecule has 0 spiro atoms. The van der Waals surface area contributed by atoms with Gasteiger partial charge in [-0.1, -0.05) is 39.8 Å². The Morgan fingerprint density at radius 1 is 1.22 bits per heavy atom. The van der Waals surface area contributed by atoms with Crippen molar-refractivity contribution in [3.63, 3.8) is 0 Å². The van der Waals surface area contributed by atoms with E-state index in [2.05, 4.69) is 22.9 Å². The zero-order valence-electron chi connectivity index (χ0n) is 14.4. The Labute approximate surface area is 138 Å². The van der Waals surface area contributed by atoms with Crippen LogP contribution in [0.25, 0.3) is 0 Å². The summed E-state index contributed by atoms with van der Waals surface area (Å²) >= 11 is 0. The molecule has 3 N–H and O–H groups in total. The molecule has 5 heteroatoms. The van der Waals surface area contributed by atoms with Crippen LogP contribution in [0.15, 0.2) is 24.3 Å². The van der Waals surface area contributed by atoms with E-state index in [1.807, 2.05) is 32.9 Å². The molecule has 0 saturated carbocycles. The van der Waals surface area contributed by atoms with Gasteiger partial charge in [-0.05, 0) is 37.6 Å². The Morgan fingerprint density at radius 2 is 1.91 bits per heavy atom. The van der Waals surface area contributed by atoms with Gasteiger partial charge in [-0.15, -0.1) is 0 Å². The quantitative estimate of drug-likeness (QED) is 0.802. The van der Waals surface area contributed by atoms with Crippen molar-refractivity contribution in [2.24, 2.45) is 11.3 Å². The Balaban J connectivity index is 2.12. The third kappa shape index (κ3) is 4.55. The van der Waals surface area contributed by atoms with Crippen LogP contribution in [0.4, 0.5) is 5.69 Å². The topological polar surface area (TPSA) is 70.2 Å². The summed E-state index contributed by atoms with van der Waals surface area (Å²) in [6.45, 7) is 9.50. The molecule has 1 fully saturated rings. The first-order chi connectivity index (χ1) is 10.8. The lowest BCUT2D eigenvalue weighted by Crippen LogP contribution is -2.48. The number of rotatable bonds is 3. The molecule has 1 heterocycles. The van der Waals surface area contributed by atoms with Gasteiger partial charge in [-0.25, -0.2) is 0 Å². The lowest BCUT2D eigenvalue weighted by atomic mass is 9.94. The molecular weight excluding hydrogens is 290 g/mol. The van der Waals surface area contributed by atoms with Crippen LogP contribution in [0, 0.1) is 11.3 Å². The van der Waals surface area contributed by atoms with Crippen molar-refractivity contribution in [1.29, 1.82) is 0 Å². The smallest absolute Gasteiger partial charge is 0.253 e. The van der Waals surface area contributed by atoms with Crippen molar-refractivity contribution in [2.45, 2.75) is 40.2 Å². The molecule has 0 aliphatic carbocycles. The Bertz CT molecular complexity index is 578. The van der Waals surface area contributed by atoms with Crippen LogP contribution in [0.1, 0.15) is 44.5 Å². The fourth-order valence-corrected chi connectivity index (χ4v) is 2.57. The number of hydrogen-bond acceptors (Lipinski definition) is 3. The van der Waals surface area contributed by atoms with Crippen LogP contribution >= 0.6 is 0 Å². The standard InChI is InChI=1S/C18H27N3O2/c1-12-11-19-10-9-14(12)20-16(22)13-7-5-6-8-15(13)21-17(23)18(2,3)4/h5-8,12,14,19H,9-11H2,1-4H3,(H,20,22)(H,21,23). The summed E-state index contributed by atoms with van der Waals surface area (Å²) in [7, 11) is 0. The normalized spacial score (nSPS) is 21.6. The zero-order chi connectivity index (χ0) is 17.0. The predicted molar refractivity (Wildman–Crippen MR) is 92.4 cm³/mol. The van der Waals surface area contributed by atoms with Gasteiger partial charge in [-0.3, -0.25) is 9.59 Å². The van der Waals surface area contributed by atoms with Crippen LogP contribution in [-0.4, -0.2) is 30.9 Å². The number of anilines is 1. The molecule has 2 unspecified atom stereocenters. The summed E-state index contributed by atoms with van der Waals surface area (Å²) in [5, 5.41) is 9.30. The van der Waals surface area contributed by atoms with Crippen LogP contribution in [0.3, 0.4) is 0 Å². The molecule has 1 aliphatic rings. The largest absolute Gasteiger partial charge is 0.349 e. The number of benzene rings is 1. The maximum absolute atomic E-state index is 12.6. The maximum Gasteiger partial charge on any atom is 0.253 e. The molecule has 0 aromatic heterocycles. The molecule has 2 amide bonds. The van der Waals surface area contributed by atoms with Gasteiger partial charge in [-0.2, -0.15) is 0 Å². The summed E-state index contributed by atoms with van der Waals surface area (Å²) in [4.78, 5) is 24.8. The minimum absolute atomic E-state index is 0.104. The summed E-state index contributed by atoms with van der Waals surface area (Å²) in [5.74, 6) is 0.158. The predicted octanol–water partition coefficient (Wildman–Crippen LogP) is 2.40. The number of para-hydroxylation sites is 1. The van der Waals surface area contributed by atoms with E-state index in [4.69, 9.17) is 0 Å². The highest BCUT2D eigenvalue weighted by molar-refractivity contribution is 6.04. The molecular formula is C18H27N3O2. The molecule has 1 aliphatic heterocycles. The number of piperidine rings is 1. The first-order valence-electron chi connectivity index (χ1n) is 8.21. The van der Waals surface area contributed by atoms with E-state index in [0.29, 0.717) is 17.2 Å². The lowest BCUT2D eigenvalue weighted by Gasteiger charge is -2.30. The van der Waals surface area contributed by atoms with Gasteiger partial charge in [0, 0.05) is 11.5 Å². The third-order valence-electron chi connectivity index (χ3n) is 4.20. The zero-order valence-corrected chi connectivity index (χ0v) is 14.4. The van der Waals surface area contributed by atoms with Gasteiger partial charge in [0.25, 0.3) is 5.91 Å². The van der Waals surface area contributed by atoms with Gasteiger partial charge in [0.05, 0.1) is 11.3 Å². The van der Waals surface area contributed by atoms with Crippen LogP contribution in [0.5, 0.6) is 0 Å². The molecule has 2 rings (SSSR count). The Morgan fingerprint density at radius 3 is 2.57 bits per heavy atom. The number of nitrogens with one attached hydrogen (secondary N) is 3. The van der Waals surface area contributed by atoms with Crippen LogP contribution in [-0.2, 0) is 4.79 Å². The first-order valence-corrected chi connectivity index (χ1v) is 8.21. The molecule has 23 heavy (non-hydrogen) atoms. The lowest BCUT2D eigenvalue weighted by molar-refractivity contribution is -0.123. The molecule has 1 saturated heterocycles. The van der Waals surface area contributed by atoms with E-state index in [-0.39, 0.29) is 17.9 Å². The molecule has 1 aromatic carbocycles. The minimum atomic E-state index is -0.507. The van der Waals surface area contributed by atoms with Gasteiger partial charge < -0.3 is 16.0 Å². The van der Waals surface area contributed by atoms with Crippen molar-refractivity contribution in [2.75, 3.05) is 18.4 Å². The average molecular weight is 317 g/mol. The third-order valence-corrected chi connectivity index (χ3v) is 4.20. The van der Waals surface area contributed by atoms with E-state index in [9.17, 15) is 9.59 Å². The molecule has 126 valence electrons. The fourth-order valence-electron chi connectivity index (χ4n) is 2.57. The number of hydrogen-bond donors (Lipinski definition) is 3. The highest BCUT2D eigenvalue weighted by Crippen LogP contribution is 2.21. The average Bonchev–Trinajstić information content (AvgIpc) is 2.49. The van der Waals surface area contributed by atoms with Gasteiger partial charge in [0.1, 0.15) is 0 Å². The van der Waals surface area contributed by atoms with Crippen LogP contribution in [0.2, 0.25) is 0 Å². The summed E-state index contributed by atoms with van der Waals surface area (Å²) < 4.78 is 0. The maximum atomic E-state index is 12.6. The summed E-state index contributed by atoms with van der Waals surface area (Å²) in [6.07, 6.45) is 0.920. The minimum Gasteiger partial charge on any atom is -0.349 e. The summed E-state index contributed by atoms with van der Waals surface area (Å²) in [6, 6.07) is 7.31. The second-order valence-corrected chi connectivity index (χ2v) is 7.30. The fraction of sp³-hybridized carbons (Fsp3) is 0.556. The highest BCUT2D eigenvalue weighted by Gasteiger charge is 2.26. The second kappa shape index (κ2) is 7.13. The van der Waals surface area contributed by atoms with Crippen molar-refractivity contribution in [3.8, 4) is 0 Å². The van der Waals surface area contributed by atoms with E-state index < -0.39 is 5.41 Å². The molecule has 2 atom stereocenters. The second-order valence-electron chi connectivity index (χ2n) is 7.30. The first kappa shape index (κ1) is 17.5. The van der Waals surface area contributed by atoms with Crippen molar-refractivity contribution < 1.29 is 9.59 Å². The number of amides is 2. The number of carbonyl (C=O) groups excluding carboxylic acids is 2. The van der Waals surface area contributed by atoms with E-state index in [1.165, 1.54) is 0 Å². The van der Waals surface area contributed by atoms with Gasteiger partial charge in [0.15, 0.2) is 0 Å². The Hall–Kier alpha value is -1.88. The van der Waals surface area contributed by atoms with Crippen molar-refractivity contribution in [1.82, 2.24) is 10.6 Å². The van der Waals surface area contributed by atoms with Gasteiger partial charge in [0.2, 0.25) is 5.91 Å². The van der Waals surface area contributed by atoms with Crippen LogP contribution < -0.4 is 16.0 Å². The van der Waals surface area contributed by atoms with E-state index in [1.54, 1.807) is 12.1 Å². The van der Waals surface area contributed by atoms with E-state index >= 15 is 0 Å².